The molecule has 4 nitrogen and oxygen atoms in total. The van der Waals surface area contributed by atoms with Crippen molar-refractivity contribution in [2.75, 3.05) is 5.75 Å². The molecule has 1 unspecified atom stereocenters. The Labute approximate surface area is 130 Å². The molecule has 0 bridgehead atoms. The van der Waals surface area contributed by atoms with E-state index in [1.807, 2.05) is 0 Å². The minimum Gasteiger partial charge on any atom is -0.480 e. The Hall–Kier alpha value is -0.910. The van der Waals surface area contributed by atoms with Crippen molar-refractivity contribution in [3.05, 3.63) is 28.2 Å². The van der Waals surface area contributed by atoms with Crippen LogP contribution in [0.2, 0.25) is 10.0 Å². The molecule has 2 N–H and O–H groups in total. The van der Waals surface area contributed by atoms with Gasteiger partial charge in [-0.05, 0) is 37.0 Å². The zero-order valence-corrected chi connectivity index (χ0v) is 12.8. The monoisotopic (exact) mass is 333 g/mol. The second kappa shape index (κ2) is 6.70. The Morgan fingerprint density at radius 1 is 1.40 bits per heavy atom. The van der Waals surface area contributed by atoms with Gasteiger partial charge >= 0.3 is 5.97 Å². The van der Waals surface area contributed by atoms with Gasteiger partial charge in [0.15, 0.2) is 0 Å². The minimum absolute atomic E-state index is 0.0659. The van der Waals surface area contributed by atoms with Gasteiger partial charge in [-0.15, -0.1) is 11.8 Å². The van der Waals surface area contributed by atoms with Gasteiger partial charge in [-0.2, -0.15) is 0 Å². The normalized spacial score (nSPS) is 15.7. The number of amides is 1. The average Bonchev–Trinajstić information content (AvgIpc) is 3.21. The molecule has 7 heteroatoms. The van der Waals surface area contributed by atoms with E-state index in [4.69, 9.17) is 28.3 Å². The van der Waals surface area contributed by atoms with Crippen LogP contribution in [0.15, 0.2) is 23.1 Å². The lowest BCUT2D eigenvalue weighted by Gasteiger charge is -2.13. The molecule has 0 aliphatic heterocycles. The van der Waals surface area contributed by atoms with E-state index in [1.54, 1.807) is 18.2 Å². The summed E-state index contributed by atoms with van der Waals surface area (Å²) < 4.78 is 0. The summed E-state index contributed by atoms with van der Waals surface area (Å²) in [5, 5.41) is 12.6. The van der Waals surface area contributed by atoms with Crippen molar-refractivity contribution in [2.45, 2.75) is 23.8 Å². The topological polar surface area (TPSA) is 66.4 Å². The SMILES string of the molecule is O=C(CSc1cc(Cl)ccc1Cl)NC(C(=O)O)C1CC1. The molecule has 20 heavy (non-hydrogen) atoms. The molecule has 1 aliphatic carbocycles. The number of carbonyl (C=O) groups excluding carboxylic acids is 1. The van der Waals surface area contributed by atoms with Crippen molar-refractivity contribution in [1.29, 1.82) is 0 Å². The first kappa shape index (κ1) is 15.5. The van der Waals surface area contributed by atoms with Gasteiger partial charge < -0.3 is 10.4 Å². The fourth-order valence-electron chi connectivity index (χ4n) is 1.76. The summed E-state index contributed by atoms with van der Waals surface area (Å²) >= 11 is 13.1. The lowest BCUT2D eigenvalue weighted by atomic mass is 10.2. The Morgan fingerprint density at radius 3 is 2.70 bits per heavy atom. The lowest BCUT2D eigenvalue weighted by molar-refractivity contribution is -0.142. The number of hydrogen-bond donors (Lipinski definition) is 2. The highest BCUT2D eigenvalue weighted by molar-refractivity contribution is 8.00. The molecule has 0 spiro atoms. The van der Waals surface area contributed by atoms with Crippen molar-refractivity contribution in [3.8, 4) is 0 Å². The van der Waals surface area contributed by atoms with E-state index in [0.29, 0.717) is 14.9 Å². The van der Waals surface area contributed by atoms with Gasteiger partial charge in [-0.25, -0.2) is 4.79 Å². The van der Waals surface area contributed by atoms with Crippen LogP contribution in [0.1, 0.15) is 12.8 Å². The van der Waals surface area contributed by atoms with Crippen LogP contribution in [0.5, 0.6) is 0 Å². The Balaban J connectivity index is 1.88. The first-order chi connectivity index (χ1) is 9.47. The summed E-state index contributed by atoms with van der Waals surface area (Å²) in [7, 11) is 0. The largest absolute Gasteiger partial charge is 0.480 e. The molecular formula is C13H13Cl2NO3S. The van der Waals surface area contributed by atoms with Gasteiger partial charge in [-0.3, -0.25) is 4.79 Å². The van der Waals surface area contributed by atoms with Crippen LogP contribution in [0, 0.1) is 5.92 Å². The number of carbonyl (C=O) groups is 2. The second-order valence-electron chi connectivity index (χ2n) is 4.58. The molecule has 1 fully saturated rings. The number of carboxylic acid groups (broad SMARTS) is 1. The second-order valence-corrected chi connectivity index (χ2v) is 6.45. The van der Waals surface area contributed by atoms with Gasteiger partial charge in [0.25, 0.3) is 0 Å². The first-order valence-electron chi connectivity index (χ1n) is 6.07. The van der Waals surface area contributed by atoms with Gasteiger partial charge in [0, 0.05) is 9.92 Å². The van der Waals surface area contributed by atoms with Gasteiger partial charge in [0.1, 0.15) is 6.04 Å². The van der Waals surface area contributed by atoms with E-state index in [-0.39, 0.29) is 17.6 Å². The molecule has 1 amide bonds. The molecule has 1 aromatic carbocycles. The van der Waals surface area contributed by atoms with E-state index >= 15 is 0 Å². The highest BCUT2D eigenvalue weighted by Crippen LogP contribution is 2.33. The molecule has 0 aromatic heterocycles. The third-order valence-corrected chi connectivity index (χ3v) is 4.66. The van der Waals surface area contributed by atoms with Crippen LogP contribution in [0.25, 0.3) is 0 Å². The summed E-state index contributed by atoms with van der Waals surface area (Å²) in [5.41, 5.74) is 0. The molecule has 0 radical (unpaired) electrons. The fraction of sp³-hybridized carbons (Fsp3) is 0.385. The summed E-state index contributed by atoms with van der Waals surface area (Å²) in [5.74, 6) is -1.12. The molecular weight excluding hydrogens is 321 g/mol. The molecule has 0 saturated heterocycles. The number of benzene rings is 1. The van der Waals surface area contributed by atoms with E-state index in [2.05, 4.69) is 5.32 Å². The van der Waals surface area contributed by atoms with Crippen LogP contribution in [0.3, 0.4) is 0 Å². The summed E-state index contributed by atoms with van der Waals surface area (Å²) in [6, 6.07) is 4.23. The van der Waals surface area contributed by atoms with E-state index in [9.17, 15) is 9.59 Å². The third-order valence-electron chi connectivity index (χ3n) is 2.93. The molecule has 1 aromatic rings. The number of halogens is 2. The van der Waals surface area contributed by atoms with Crippen molar-refractivity contribution in [3.63, 3.8) is 0 Å². The highest BCUT2D eigenvalue weighted by atomic mass is 35.5. The molecule has 1 saturated carbocycles. The maximum absolute atomic E-state index is 11.8. The van der Waals surface area contributed by atoms with Gasteiger partial charge in [-0.1, -0.05) is 23.2 Å². The number of aliphatic carboxylic acids is 1. The number of nitrogens with one attached hydrogen (secondary N) is 1. The number of carboxylic acids is 1. The Bertz CT molecular complexity index is 534. The smallest absolute Gasteiger partial charge is 0.326 e. The van der Waals surface area contributed by atoms with Crippen molar-refractivity contribution >= 4 is 46.8 Å². The van der Waals surface area contributed by atoms with Crippen molar-refractivity contribution < 1.29 is 14.7 Å². The maximum atomic E-state index is 11.8. The molecule has 1 atom stereocenters. The zero-order chi connectivity index (χ0) is 14.7. The maximum Gasteiger partial charge on any atom is 0.326 e. The minimum atomic E-state index is -0.980. The summed E-state index contributed by atoms with van der Waals surface area (Å²) in [6.45, 7) is 0. The highest BCUT2D eigenvalue weighted by Gasteiger charge is 2.37. The van der Waals surface area contributed by atoms with Crippen LogP contribution in [-0.2, 0) is 9.59 Å². The van der Waals surface area contributed by atoms with E-state index in [1.165, 1.54) is 11.8 Å². The predicted molar refractivity (Wildman–Crippen MR) is 79.5 cm³/mol. The number of thioether (sulfide) groups is 1. The molecule has 0 heterocycles. The quantitative estimate of drug-likeness (QED) is 0.785. The van der Waals surface area contributed by atoms with Gasteiger partial charge in [0.2, 0.25) is 5.91 Å². The Kier molecular flexibility index (Phi) is 5.18. The molecule has 2 rings (SSSR count). The zero-order valence-electron chi connectivity index (χ0n) is 10.4. The Morgan fingerprint density at radius 2 is 2.10 bits per heavy atom. The molecule has 1 aliphatic rings. The van der Waals surface area contributed by atoms with Crippen LogP contribution in [0.4, 0.5) is 0 Å². The third kappa shape index (κ3) is 4.30. The van der Waals surface area contributed by atoms with Crippen molar-refractivity contribution in [2.24, 2.45) is 5.92 Å². The van der Waals surface area contributed by atoms with E-state index < -0.39 is 12.0 Å². The lowest BCUT2D eigenvalue weighted by Crippen LogP contribution is -2.43. The first-order valence-corrected chi connectivity index (χ1v) is 7.81. The fourth-order valence-corrected chi connectivity index (χ4v) is 3.06. The van der Waals surface area contributed by atoms with Crippen LogP contribution >= 0.6 is 35.0 Å². The van der Waals surface area contributed by atoms with Crippen LogP contribution < -0.4 is 5.32 Å². The predicted octanol–water partition coefficient (Wildman–Crippen LogP) is 3.06. The number of hydrogen-bond acceptors (Lipinski definition) is 3. The molecule has 108 valence electrons. The summed E-state index contributed by atoms with van der Waals surface area (Å²) in [6.07, 6.45) is 1.70. The summed E-state index contributed by atoms with van der Waals surface area (Å²) in [4.78, 5) is 23.5. The average molecular weight is 334 g/mol. The number of rotatable bonds is 6. The standard InChI is InChI=1S/C13H13Cl2NO3S/c14-8-3-4-9(15)10(5-8)20-6-11(17)16-12(13(18)19)7-1-2-7/h3-5,7,12H,1-2,6H2,(H,16,17)(H,18,19). The van der Waals surface area contributed by atoms with E-state index in [0.717, 1.165) is 12.8 Å². The van der Waals surface area contributed by atoms with Gasteiger partial charge in [0.05, 0.1) is 10.8 Å². The van der Waals surface area contributed by atoms with Crippen LogP contribution in [-0.4, -0.2) is 28.8 Å². The van der Waals surface area contributed by atoms with Crippen molar-refractivity contribution in [1.82, 2.24) is 5.32 Å².